The van der Waals surface area contributed by atoms with Crippen LogP contribution in [0.3, 0.4) is 0 Å². The summed E-state index contributed by atoms with van der Waals surface area (Å²) in [4.78, 5) is 2.37. The molecule has 0 amide bonds. The summed E-state index contributed by atoms with van der Waals surface area (Å²) in [5, 5.41) is 0. The Bertz CT molecular complexity index is 1250. The third kappa shape index (κ3) is 2.76. The topological polar surface area (TPSA) is 12.5 Å². The molecule has 0 saturated carbocycles. The van der Waals surface area contributed by atoms with Gasteiger partial charge >= 0.3 is 0 Å². The van der Waals surface area contributed by atoms with E-state index in [-0.39, 0.29) is 6.04 Å². The first kappa shape index (κ1) is 19.1. The van der Waals surface area contributed by atoms with E-state index in [1.165, 1.54) is 23.3 Å². The third-order valence-corrected chi connectivity index (χ3v) is 6.72. The summed E-state index contributed by atoms with van der Waals surface area (Å²) in [6.45, 7) is 0.966. The van der Waals surface area contributed by atoms with Gasteiger partial charge < -0.3 is 9.64 Å². The Morgan fingerprint density at radius 2 is 1.31 bits per heavy atom. The van der Waals surface area contributed by atoms with Gasteiger partial charge in [0.05, 0.1) is 11.5 Å². The predicted molar refractivity (Wildman–Crippen MR) is 121 cm³/mol. The van der Waals surface area contributed by atoms with E-state index < -0.39 is 17.0 Å². The molecule has 4 aromatic rings. The fourth-order valence-electron chi connectivity index (χ4n) is 5.30. The molecule has 0 radical (unpaired) electrons. The van der Waals surface area contributed by atoms with Crippen molar-refractivity contribution in [2.75, 3.05) is 18.1 Å². The molecule has 0 aromatic heterocycles. The lowest BCUT2D eigenvalue weighted by molar-refractivity contribution is 0.297. The summed E-state index contributed by atoms with van der Waals surface area (Å²) in [7, 11) is 0. The maximum atomic E-state index is 14.3. The van der Waals surface area contributed by atoms with E-state index in [1.54, 1.807) is 0 Å². The van der Waals surface area contributed by atoms with Gasteiger partial charge in [0.15, 0.2) is 11.6 Å². The molecule has 2 heterocycles. The van der Waals surface area contributed by atoms with Crippen LogP contribution in [0.25, 0.3) is 0 Å². The first-order valence-electron chi connectivity index (χ1n) is 10.8. The number of para-hydroxylation sites is 1. The zero-order valence-corrected chi connectivity index (χ0v) is 17.3. The number of hydrogen-bond donors (Lipinski definition) is 0. The molecule has 0 N–H and O–H groups in total. The van der Waals surface area contributed by atoms with Gasteiger partial charge in [0.2, 0.25) is 0 Å². The van der Waals surface area contributed by atoms with Crippen LogP contribution in [0.5, 0.6) is 5.75 Å². The van der Waals surface area contributed by atoms with E-state index in [4.69, 9.17) is 4.74 Å². The predicted octanol–water partition coefficient (Wildman–Crippen LogP) is 6.25. The van der Waals surface area contributed by atoms with E-state index in [0.717, 1.165) is 11.3 Å². The highest BCUT2D eigenvalue weighted by Crippen LogP contribution is 2.54. The summed E-state index contributed by atoms with van der Waals surface area (Å²) >= 11 is 0. The molecule has 1 atom stereocenters. The van der Waals surface area contributed by atoms with Crippen LogP contribution in [-0.4, -0.2) is 13.2 Å². The Balaban J connectivity index is 1.55. The average Bonchev–Trinajstić information content (AvgIpc) is 3.35. The van der Waals surface area contributed by atoms with E-state index in [2.05, 4.69) is 65.6 Å². The SMILES string of the molecule is Fc1cc2c(cc1F)C1(CO2)CN(C(c2ccccc2)c2ccccc2)c2ccccc21. The Morgan fingerprint density at radius 1 is 0.719 bits per heavy atom. The van der Waals surface area contributed by atoms with Crippen LogP contribution in [0.4, 0.5) is 14.5 Å². The summed E-state index contributed by atoms with van der Waals surface area (Å²) in [6.07, 6.45) is 0. The fourth-order valence-corrected chi connectivity index (χ4v) is 5.30. The van der Waals surface area contributed by atoms with Gasteiger partial charge in [-0.15, -0.1) is 0 Å². The van der Waals surface area contributed by atoms with Crippen LogP contribution in [0.15, 0.2) is 97.1 Å². The van der Waals surface area contributed by atoms with Gasteiger partial charge in [-0.2, -0.15) is 0 Å². The second kappa shape index (κ2) is 7.20. The quantitative estimate of drug-likeness (QED) is 0.385. The van der Waals surface area contributed by atoms with Gasteiger partial charge in [0, 0.05) is 23.9 Å². The third-order valence-electron chi connectivity index (χ3n) is 6.72. The number of anilines is 1. The highest BCUT2D eigenvalue weighted by atomic mass is 19.2. The first-order chi connectivity index (χ1) is 15.7. The highest BCUT2D eigenvalue weighted by Gasteiger charge is 2.51. The maximum Gasteiger partial charge on any atom is 0.162 e. The van der Waals surface area contributed by atoms with Crippen molar-refractivity contribution in [2.45, 2.75) is 11.5 Å². The Morgan fingerprint density at radius 3 is 2.00 bits per heavy atom. The lowest BCUT2D eigenvalue weighted by Crippen LogP contribution is -2.38. The zero-order chi connectivity index (χ0) is 21.7. The molecule has 32 heavy (non-hydrogen) atoms. The van der Waals surface area contributed by atoms with Gasteiger partial charge in [-0.25, -0.2) is 8.78 Å². The van der Waals surface area contributed by atoms with Crippen LogP contribution in [-0.2, 0) is 5.41 Å². The van der Waals surface area contributed by atoms with E-state index in [1.807, 2.05) is 24.3 Å². The minimum atomic E-state index is -0.879. The molecule has 0 fully saturated rings. The summed E-state index contributed by atoms with van der Waals surface area (Å²) in [6, 6.07) is 31.5. The van der Waals surface area contributed by atoms with Crippen molar-refractivity contribution in [1.29, 1.82) is 0 Å². The minimum absolute atomic E-state index is 0.0210. The molecule has 0 saturated heterocycles. The normalized spacial score (nSPS) is 18.7. The van der Waals surface area contributed by atoms with Crippen molar-refractivity contribution in [1.82, 2.24) is 0 Å². The van der Waals surface area contributed by atoms with Crippen LogP contribution < -0.4 is 9.64 Å². The summed E-state index contributed by atoms with van der Waals surface area (Å²) in [5.41, 5.74) is 4.69. The second-order valence-corrected chi connectivity index (χ2v) is 8.50. The minimum Gasteiger partial charge on any atom is -0.492 e. The van der Waals surface area contributed by atoms with Crippen LogP contribution in [0.1, 0.15) is 28.3 Å². The zero-order valence-electron chi connectivity index (χ0n) is 17.3. The molecule has 0 bridgehead atoms. The number of halogens is 2. The van der Waals surface area contributed by atoms with Crippen molar-refractivity contribution in [3.63, 3.8) is 0 Å². The number of fused-ring (bicyclic) bond motifs is 4. The van der Waals surface area contributed by atoms with Crippen LogP contribution >= 0.6 is 0 Å². The van der Waals surface area contributed by atoms with Gasteiger partial charge in [-0.1, -0.05) is 78.9 Å². The number of hydrogen-bond acceptors (Lipinski definition) is 2. The number of ether oxygens (including phenoxy) is 1. The summed E-state index contributed by atoms with van der Waals surface area (Å²) < 4.78 is 34.2. The molecule has 4 aromatic carbocycles. The molecule has 158 valence electrons. The molecule has 1 spiro atoms. The Labute approximate surface area is 185 Å². The number of nitrogens with zero attached hydrogens (tertiary/aromatic N) is 1. The maximum absolute atomic E-state index is 14.3. The monoisotopic (exact) mass is 425 g/mol. The standard InChI is InChI=1S/C28H21F2NO/c29-23-15-22-26(16-24(23)30)32-18-28(22)17-31(25-14-8-7-13-21(25)28)27(19-9-3-1-4-10-19)20-11-5-2-6-12-20/h1-16,27H,17-18H2. The van der Waals surface area contributed by atoms with Crippen molar-refractivity contribution >= 4 is 5.69 Å². The van der Waals surface area contributed by atoms with Crippen molar-refractivity contribution < 1.29 is 13.5 Å². The van der Waals surface area contributed by atoms with Crippen molar-refractivity contribution in [2.24, 2.45) is 0 Å². The van der Waals surface area contributed by atoms with Gasteiger partial charge in [0.25, 0.3) is 0 Å². The van der Waals surface area contributed by atoms with Gasteiger partial charge in [-0.3, -0.25) is 0 Å². The first-order valence-corrected chi connectivity index (χ1v) is 10.8. The lowest BCUT2D eigenvalue weighted by Gasteiger charge is -2.33. The molecule has 1 unspecified atom stereocenters. The van der Waals surface area contributed by atoms with E-state index in [0.29, 0.717) is 24.5 Å². The van der Waals surface area contributed by atoms with E-state index >= 15 is 0 Å². The lowest BCUT2D eigenvalue weighted by atomic mass is 9.77. The van der Waals surface area contributed by atoms with E-state index in [9.17, 15) is 8.78 Å². The number of rotatable bonds is 3. The second-order valence-electron chi connectivity index (χ2n) is 8.50. The molecule has 2 aliphatic rings. The van der Waals surface area contributed by atoms with Gasteiger partial charge in [0.1, 0.15) is 12.4 Å². The molecule has 0 aliphatic carbocycles. The molecular formula is C28H21F2NO. The summed E-state index contributed by atoms with van der Waals surface area (Å²) in [5.74, 6) is -1.29. The molecule has 4 heteroatoms. The fraction of sp³-hybridized carbons (Fsp3) is 0.143. The van der Waals surface area contributed by atoms with Crippen LogP contribution in [0, 0.1) is 11.6 Å². The molecule has 6 rings (SSSR count). The largest absolute Gasteiger partial charge is 0.492 e. The Kier molecular flexibility index (Phi) is 4.29. The smallest absolute Gasteiger partial charge is 0.162 e. The Hall–Kier alpha value is -3.66. The highest BCUT2D eigenvalue weighted by molar-refractivity contribution is 5.71. The molecule has 2 aliphatic heterocycles. The molecule has 2 nitrogen and oxygen atoms in total. The van der Waals surface area contributed by atoms with Crippen molar-refractivity contribution in [3.05, 3.63) is 131 Å². The average molecular weight is 425 g/mol. The van der Waals surface area contributed by atoms with Gasteiger partial charge in [-0.05, 0) is 28.8 Å². The van der Waals surface area contributed by atoms with Crippen molar-refractivity contribution in [3.8, 4) is 5.75 Å². The number of benzene rings is 4. The van der Waals surface area contributed by atoms with Crippen LogP contribution in [0.2, 0.25) is 0 Å². The molecular weight excluding hydrogens is 404 g/mol.